The van der Waals surface area contributed by atoms with Crippen molar-refractivity contribution in [3.63, 3.8) is 0 Å². The normalized spacial score (nSPS) is 11.9. The number of amides is 1. The highest BCUT2D eigenvalue weighted by molar-refractivity contribution is 6.31. The van der Waals surface area contributed by atoms with Gasteiger partial charge in [0, 0.05) is 10.6 Å². The molecule has 2 aromatic heterocycles. The van der Waals surface area contributed by atoms with Gasteiger partial charge in [-0.05, 0) is 39.0 Å². The fourth-order valence-electron chi connectivity index (χ4n) is 2.55. The Hall–Kier alpha value is -3.06. The first kappa shape index (κ1) is 18.7. The second-order valence-corrected chi connectivity index (χ2v) is 6.44. The van der Waals surface area contributed by atoms with E-state index >= 15 is 0 Å². The van der Waals surface area contributed by atoms with Crippen molar-refractivity contribution < 1.29 is 14.1 Å². The van der Waals surface area contributed by atoms with Crippen molar-refractivity contribution in [2.45, 2.75) is 26.9 Å². The molecule has 2 heterocycles. The second-order valence-electron chi connectivity index (χ2n) is 6.04. The summed E-state index contributed by atoms with van der Waals surface area (Å²) in [7, 11) is 0. The summed E-state index contributed by atoms with van der Waals surface area (Å²) in [4.78, 5) is 16.8. The number of carbonyl (C=O) groups excluding carboxylic acids is 1. The Balaban J connectivity index is 1.79. The highest BCUT2D eigenvalue weighted by atomic mass is 35.5. The Morgan fingerprint density at radius 1 is 1.22 bits per heavy atom. The van der Waals surface area contributed by atoms with E-state index in [1.165, 1.54) is 0 Å². The predicted octanol–water partition coefficient (Wildman–Crippen LogP) is 4.90. The van der Waals surface area contributed by atoms with E-state index in [0.29, 0.717) is 44.8 Å². The SMILES string of the molecule is Cc1nc(-c2onc(C)c2NC(=O)O[C@H](C)c2ccccc2Cl)ccc1N. The quantitative estimate of drug-likeness (QED) is 0.661. The molecule has 0 spiro atoms. The molecule has 27 heavy (non-hydrogen) atoms. The minimum absolute atomic E-state index is 0.331. The molecule has 1 atom stereocenters. The summed E-state index contributed by atoms with van der Waals surface area (Å²) in [5, 5.41) is 7.12. The molecular formula is C19H19ClN4O3. The lowest BCUT2D eigenvalue weighted by molar-refractivity contribution is 0.121. The average molecular weight is 387 g/mol. The third kappa shape index (κ3) is 4.03. The van der Waals surface area contributed by atoms with Crippen LogP contribution in [0.25, 0.3) is 11.5 Å². The number of aromatic nitrogens is 2. The summed E-state index contributed by atoms with van der Waals surface area (Å²) in [5.74, 6) is 0.331. The van der Waals surface area contributed by atoms with Crippen molar-refractivity contribution >= 4 is 29.1 Å². The number of hydrogen-bond acceptors (Lipinski definition) is 6. The van der Waals surface area contributed by atoms with Gasteiger partial charge < -0.3 is 15.0 Å². The van der Waals surface area contributed by atoms with Crippen LogP contribution in [-0.4, -0.2) is 16.2 Å². The van der Waals surface area contributed by atoms with Gasteiger partial charge in [0.15, 0.2) is 0 Å². The molecule has 0 unspecified atom stereocenters. The summed E-state index contributed by atoms with van der Waals surface area (Å²) < 4.78 is 10.8. The van der Waals surface area contributed by atoms with Crippen molar-refractivity contribution in [1.29, 1.82) is 0 Å². The maximum absolute atomic E-state index is 12.4. The minimum Gasteiger partial charge on any atom is -0.441 e. The molecule has 140 valence electrons. The lowest BCUT2D eigenvalue weighted by atomic mass is 10.1. The van der Waals surface area contributed by atoms with E-state index in [9.17, 15) is 4.79 Å². The van der Waals surface area contributed by atoms with Crippen molar-refractivity contribution in [3.8, 4) is 11.5 Å². The molecule has 3 N–H and O–H groups in total. The highest BCUT2D eigenvalue weighted by Crippen LogP contribution is 2.31. The van der Waals surface area contributed by atoms with Gasteiger partial charge >= 0.3 is 6.09 Å². The van der Waals surface area contributed by atoms with Crippen molar-refractivity contribution in [1.82, 2.24) is 10.1 Å². The molecule has 3 rings (SSSR count). The molecule has 3 aromatic rings. The fourth-order valence-corrected chi connectivity index (χ4v) is 2.84. The van der Waals surface area contributed by atoms with Gasteiger partial charge in [-0.1, -0.05) is 35.0 Å². The first-order chi connectivity index (χ1) is 12.9. The minimum atomic E-state index is -0.651. The number of carbonyl (C=O) groups is 1. The molecule has 7 nitrogen and oxygen atoms in total. The fraction of sp³-hybridized carbons (Fsp3) is 0.211. The number of nitrogen functional groups attached to an aromatic ring is 1. The molecule has 0 bridgehead atoms. The summed E-state index contributed by atoms with van der Waals surface area (Å²) in [5.41, 5.74) is 9.15. The van der Waals surface area contributed by atoms with Crippen molar-refractivity contribution in [2.75, 3.05) is 11.1 Å². The number of aryl methyl sites for hydroxylation is 2. The number of hydrogen-bond donors (Lipinski definition) is 2. The van der Waals surface area contributed by atoms with Gasteiger partial charge in [-0.3, -0.25) is 5.32 Å². The molecule has 0 fully saturated rings. The van der Waals surface area contributed by atoms with Crippen LogP contribution in [-0.2, 0) is 4.74 Å². The number of nitrogens with zero attached hydrogens (tertiary/aromatic N) is 2. The van der Waals surface area contributed by atoms with E-state index in [1.54, 1.807) is 45.0 Å². The van der Waals surface area contributed by atoms with Gasteiger partial charge in [-0.25, -0.2) is 9.78 Å². The van der Waals surface area contributed by atoms with Crippen LogP contribution < -0.4 is 11.1 Å². The molecule has 0 saturated heterocycles. The molecule has 0 aliphatic heterocycles. The summed E-state index contributed by atoms with van der Waals surface area (Å²) in [6.45, 7) is 5.24. The van der Waals surface area contributed by atoms with Gasteiger partial charge in [0.1, 0.15) is 23.2 Å². The first-order valence-electron chi connectivity index (χ1n) is 8.28. The van der Waals surface area contributed by atoms with Crippen LogP contribution in [0.4, 0.5) is 16.2 Å². The zero-order valence-corrected chi connectivity index (χ0v) is 15.9. The molecule has 0 radical (unpaired) electrons. The molecule has 8 heteroatoms. The molecule has 0 aliphatic rings. The van der Waals surface area contributed by atoms with Crippen LogP contribution in [0.3, 0.4) is 0 Å². The van der Waals surface area contributed by atoms with E-state index in [1.807, 2.05) is 12.1 Å². The molecule has 0 aliphatic carbocycles. The van der Waals surface area contributed by atoms with Gasteiger partial charge in [-0.15, -0.1) is 0 Å². The van der Waals surface area contributed by atoms with Gasteiger partial charge in [0.05, 0.1) is 11.4 Å². The van der Waals surface area contributed by atoms with Crippen LogP contribution in [0.2, 0.25) is 5.02 Å². The zero-order chi connectivity index (χ0) is 19.6. The van der Waals surface area contributed by atoms with Crippen molar-refractivity contribution in [2.24, 2.45) is 0 Å². The topological polar surface area (TPSA) is 103 Å². The number of benzene rings is 1. The predicted molar refractivity (Wildman–Crippen MR) is 104 cm³/mol. The van der Waals surface area contributed by atoms with Crippen molar-refractivity contribution in [3.05, 3.63) is 58.4 Å². The Kier molecular flexibility index (Phi) is 5.32. The van der Waals surface area contributed by atoms with Crippen LogP contribution in [0.15, 0.2) is 40.9 Å². The summed E-state index contributed by atoms with van der Waals surface area (Å²) in [6.07, 6.45) is -1.18. The van der Waals surface area contributed by atoms with Gasteiger partial charge in [-0.2, -0.15) is 0 Å². The Morgan fingerprint density at radius 3 is 2.67 bits per heavy atom. The molecule has 1 amide bonds. The summed E-state index contributed by atoms with van der Waals surface area (Å²) >= 11 is 6.15. The highest BCUT2D eigenvalue weighted by Gasteiger charge is 2.21. The lowest BCUT2D eigenvalue weighted by Crippen LogP contribution is -2.17. The average Bonchev–Trinajstić information content (AvgIpc) is 2.98. The number of halogens is 1. The van der Waals surface area contributed by atoms with E-state index in [2.05, 4.69) is 15.5 Å². The number of pyridine rings is 1. The second kappa shape index (κ2) is 7.67. The Labute approximate surface area is 161 Å². The Bertz CT molecular complexity index is 987. The number of rotatable bonds is 4. The summed E-state index contributed by atoms with van der Waals surface area (Å²) in [6, 6.07) is 10.6. The maximum Gasteiger partial charge on any atom is 0.412 e. The third-order valence-electron chi connectivity index (χ3n) is 4.08. The molecule has 0 saturated carbocycles. The lowest BCUT2D eigenvalue weighted by Gasteiger charge is -2.15. The number of nitrogens with one attached hydrogen (secondary N) is 1. The smallest absolute Gasteiger partial charge is 0.412 e. The van der Waals surface area contributed by atoms with Gasteiger partial charge in [0.2, 0.25) is 5.76 Å². The largest absolute Gasteiger partial charge is 0.441 e. The van der Waals surface area contributed by atoms with E-state index < -0.39 is 12.2 Å². The number of ether oxygens (including phenoxy) is 1. The van der Waals surface area contributed by atoms with Crippen LogP contribution in [0.5, 0.6) is 0 Å². The number of anilines is 2. The first-order valence-corrected chi connectivity index (χ1v) is 8.66. The van der Waals surface area contributed by atoms with Crippen LogP contribution >= 0.6 is 11.6 Å². The third-order valence-corrected chi connectivity index (χ3v) is 4.42. The maximum atomic E-state index is 12.4. The van der Waals surface area contributed by atoms with E-state index in [-0.39, 0.29) is 0 Å². The zero-order valence-electron chi connectivity index (χ0n) is 15.1. The van der Waals surface area contributed by atoms with Crippen LogP contribution in [0, 0.1) is 13.8 Å². The standard InChI is InChI=1S/C19H19ClN4O3/c1-10-15(21)8-9-16(22-10)18-17(11(2)24-27-18)23-19(25)26-12(3)13-6-4-5-7-14(13)20/h4-9,12H,21H2,1-3H3,(H,23,25)/t12-/m1/s1. The van der Waals surface area contributed by atoms with Gasteiger partial charge in [0.25, 0.3) is 0 Å². The Morgan fingerprint density at radius 2 is 1.96 bits per heavy atom. The monoisotopic (exact) mass is 386 g/mol. The van der Waals surface area contributed by atoms with E-state index in [0.717, 1.165) is 0 Å². The molecule has 1 aromatic carbocycles. The van der Waals surface area contributed by atoms with E-state index in [4.69, 9.17) is 26.6 Å². The van der Waals surface area contributed by atoms with Crippen LogP contribution in [0.1, 0.15) is 30.0 Å². The number of nitrogens with two attached hydrogens (primary N) is 1. The molecular weight excluding hydrogens is 368 g/mol.